The van der Waals surface area contributed by atoms with Crippen molar-refractivity contribution < 1.29 is 14.0 Å². The van der Waals surface area contributed by atoms with Gasteiger partial charge in [-0.2, -0.15) is 0 Å². The summed E-state index contributed by atoms with van der Waals surface area (Å²) in [6, 6.07) is 21.4. The van der Waals surface area contributed by atoms with Crippen molar-refractivity contribution in [2.24, 2.45) is 0 Å². The van der Waals surface area contributed by atoms with Crippen LogP contribution >= 0.6 is 0 Å². The van der Waals surface area contributed by atoms with Crippen LogP contribution in [0.15, 0.2) is 71.1 Å². The quantitative estimate of drug-likeness (QED) is 0.533. The Morgan fingerprint density at radius 2 is 1.61 bits per heavy atom. The summed E-state index contributed by atoms with van der Waals surface area (Å²) in [5.41, 5.74) is 2.77. The molecule has 1 heterocycles. The number of hydrogen-bond acceptors (Lipinski definition) is 3. The highest BCUT2D eigenvalue weighted by atomic mass is 16.3. The van der Waals surface area contributed by atoms with Crippen molar-refractivity contribution in [2.45, 2.75) is 45.8 Å². The largest absolute Gasteiger partial charge is 0.464 e. The van der Waals surface area contributed by atoms with E-state index in [0.29, 0.717) is 18.7 Å². The lowest BCUT2D eigenvalue weighted by atomic mass is 10.1. The molecule has 0 radical (unpaired) electrons. The van der Waals surface area contributed by atoms with Crippen LogP contribution in [-0.2, 0) is 17.9 Å². The average Bonchev–Trinajstić information content (AvgIpc) is 3.53. The van der Waals surface area contributed by atoms with E-state index >= 15 is 0 Å². The highest BCUT2D eigenvalue weighted by Gasteiger charge is 2.35. The number of carbonyl (C=O) groups is 2. The minimum Gasteiger partial charge on any atom is -0.464 e. The van der Waals surface area contributed by atoms with E-state index in [9.17, 15) is 9.59 Å². The van der Waals surface area contributed by atoms with Crippen LogP contribution in [0.5, 0.6) is 0 Å². The molecule has 1 aliphatic rings. The standard InChI is InChI=1S/C26H28N2O3/c1-19-8-11-22(12-9-19)26(30)28(23-13-14-23)18-25(29)27(16-21-6-4-3-5-7-21)17-24-15-10-20(2)31-24/h3-12,15,23H,13-14,16-18H2,1-2H3. The molecule has 0 aliphatic heterocycles. The molecule has 0 spiro atoms. The van der Waals surface area contributed by atoms with E-state index in [-0.39, 0.29) is 24.4 Å². The van der Waals surface area contributed by atoms with Crippen molar-refractivity contribution in [3.8, 4) is 0 Å². The molecule has 160 valence electrons. The van der Waals surface area contributed by atoms with Gasteiger partial charge in [0.25, 0.3) is 5.91 Å². The summed E-state index contributed by atoms with van der Waals surface area (Å²) in [5, 5.41) is 0. The SMILES string of the molecule is Cc1ccc(C(=O)N(CC(=O)N(Cc2ccccc2)Cc2ccc(C)o2)C2CC2)cc1. The minimum absolute atomic E-state index is 0.0733. The molecule has 0 N–H and O–H groups in total. The zero-order valence-corrected chi connectivity index (χ0v) is 18.1. The number of carbonyl (C=O) groups excluding carboxylic acids is 2. The summed E-state index contributed by atoms with van der Waals surface area (Å²) < 4.78 is 5.72. The van der Waals surface area contributed by atoms with Gasteiger partial charge < -0.3 is 14.2 Å². The van der Waals surface area contributed by atoms with Crippen molar-refractivity contribution in [1.29, 1.82) is 0 Å². The number of furan rings is 1. The molecule has 31 heavy (non-hydrogen) atoms. The number of hydrogen-bond donors (Lipinski definition) is 0. The summed E-state index contributed by atoms with van der Waals surface area (Å²) in [6.07, 6.45) is 1.89. The highest BCUT2D eigenvalue weighted by Crippen LogP contribution is 2.28. The maximum Gasteiger partial charge on any atom is 0.254 e. The van der Waals surface area contributed by atoms with Gasteiger partial charge in [0.1, 0.15) is 18.1 Å². The number of benzene rings is 2. The Hall–Kier alpha value is -3.34. The summed E-state index contributed by atoms with van der Waals surface area (Å²) >= 11 is 0. The number of amides is 2. The van der Waals surface area contributed by atoms with E-state index < -0.39 is 0 Å². The van der Waals surface area contributed by atoms with Crippen molar-refractivity contribution >= 4 is 11.8 Å². The summed E-state index contributed by atoms with van der Waals surface area (Å²) in [7, 11) is 0. The maximum atomic E-state index is 13.4. The number of aryl methyl sites for hydroxylation is 2. The molecule has 0 atom stereocenters. The monoisotopic (exact) mass is 416 g/mol. The van der Waals surface area contributed by atoms with Gasteiger partial charge >= 0.3 is 0 Å². The molecular weight excluding hydrogens is 388 g/mol. The molecule has 4 rings (SSSR count). The van der Waals surface area contributed by atoms with Crippen LogP contribution in [0.4, 0.5) is 0 Å². The predicted octanol–water partition coefficient (Wildman–Crippen LogP) is 4.73. The Balaban J connectivity index is 1.52. The lowest BCUT2D eigenvalue weighted by Crippen LogP contribution is -2.43. The van der Waals surface area contributed by atoms with Crippen LogP contribution in [0.1, 0.15) is 45.8 Å². The van der Waals surface area contributed by atoms with E-state index in [2.05, 4.69) is 0 Å². The molecule has 5 heteroatoms. The van der Waals surface area contributed by atoms with Crippen LogP contribution < -0.4 is 0 Å². The third-order valence-electron chi connectivity index (χ3n) is 5.56. The van der Waals surface area contributed by atoms with Crippen molar-refractivity contribution in [3.05, 3.63) is 94.9 Å². The fourth-order valence-electron chi connectivity index (χ4n) is 3.65. The van der Waals surface area contributed by atoms with Gasteiger partial charge in [0.15, 0.2) is 0 Å². The topological polar surface area (TPSA) is 53.8 Å². The van der Waals surface area contributed by atoms with Crippen LogP contribution in [0, 0.1) is 13.8 Å². The van der Waals surface area contributed by atoms with Gasteiger partial charge in [-0.3, -0.25) is 9.59 Å². The van der Waals surface area contributed by atoms with Crippen LogP contribution in [0.3, 0.4) is 0 Å². The van der Waals surface area contributed by atoms with Crippen LogP contribution in [0.25, 0.3) is 0 Å². The second-order valence-electron chi connectivity index (χ2n) is 8.28. The van der Waals surface area contributed by atoms with Gasteiger partial charge in [-0.1, -0.05) is 48.0 Å². The van der Waals surface area contributed by atoms with Gasteiger partial charge in [-0.15, -0.1) is 0 Å². The van der Waals surface area contributed by atoms with Crippen molar-refractivity contribution in [2.75, 3.05) is 6.54 Å². The lowest BCUT2D eigenvalue weighted by Gasteiger charge is -2.27. The molecule has 0 saturated heterocycles. The molecule has 5 nitrogen and oxygen atoms in total. The number of nitrogens with zero attached hydrogens (tertiary/aromatic N) is 2. The summed E-state index contributed by atoms with van der Waals surface area (Å²) in [5.74, 6) is 1.40. The first-order valence-electron chi connectivity index (χ1n) is 10.7. The molecule has 2 amide bonds. The lowest BCUT2D eigenvalue weighted by molar-refractivity contribution is -0.133. The first-order chi connectivity index (χ1) is 15.0. The highest BCUT2D eigenvalue weighted by molar-refractivity contribution is 5.97. The smallest absolute Gasteiger partial charge is 0.254 e. The fourth-order valence-corrected chi connectivity index (χ4v) is 3.65. The van der Waals surface area contributed by atoms with Gasteiger partial charge in [0.2, 0.25) is 5.91 Å². The number of rotatable bonds is 8. The molecule has 1 fully saturated rings. The Kier molecular flexibility index (Phi) is 6.21. The maximum absolute atomic E-state index is 13.4. The van der Waals surface area contributed by atoms with Crippen molar-refractivity contribution in [3.63, 3.8) is 0 Å². The minimum atomic E-state index is -0.0793. The van der Waals surface area contributed by atoms with Gasteiger partial charge in [-0.25, -0.2) is 0 Å². The summed E-state index contributed by atoms with van der Waals surface area (Å²) in [4.78, 5) is 30.0. The van der Waals surface area contributed by atoms with Crippen LogP contribution in [-0.4, -0.2) is 34.2 Å². The van der Waals surface area contributed by atoms with Crippen molar-refractivity contribution in [1.82, 2.24) is 9.80 Å². The molecule has 1 saturated carbocycles. The second kappa shape index (κ2) is 9.21. The van der Waals surface area contributed by atoms with E-state index in [1.54, 1.807) is 9.80 Å². The zero-order valence-electron chi connectivity index (χ0n) is 18.1. The average molecular weight is 417 g/mol. The second-order valence-corrected chi connectivity index (χ2v) is 8.28. The molecular formula is C26H28N2O3. The molecule has 1 aliphatic carbocycles. The molecule has 3 aromatic rings. The Labute approximate surface area is 183 Å². The van der Waals surface area contributed by atoms with E-state index in [4.69, 9.17) is 4.42 Å². The van der Waals surface area contributed by atoms with E-state index in [1.807, 2.05) is 80.6 Å². The molecule has 1 aromatic heterocycles. The first-order valence-corrected chi connectivity index (χ1v) is 10.7. The Bertz CT molecular complexity index is 1040. The van der Waals surface area contributed by atoms with Gasteiger partial charge in [0, 0.05) is 18.2 Å². The molecule has 0 unspecified atom stereocenters. The van der Waals surface area contributed by atoms with Crippen LogP contribution in [0.2, 0.25) is 0 Å². The summed E-state index contributed by atoms with van der Waals surface area (Å²) in [6.45, 7) is 4.80. The Morgan fingerprint density at radius 1 is 0.903 bits per heavy atom. The zero-order chi connectivity index (χ0) is 21.8. The molecule has 0 bridgehead atoms. The predicted molar refractivity (Wildman–Crippen MR) is 119 cm³/mol. The third-order valence-corrected chi connectivity index (χ3v) is 5.56. The third kappa shape index (κ3) is 5.43. The van der Waals surface area contributed by atoms with E-state index in [1.165, 1.54) is 0 Å². The normalized spacial score (nSPS) is 13.1. The van der Waals surface area contributed by atoms with E-state index in [0.717, 1.165) is 35.5 Å². The molecule has 2 aromatic carbocycles. The fraction of sp³-hybridized carbons (Fsp3) is 0.308. The first kappa shape index (κ1) is 20.9. The van der Waals surface area contributed by atoms with Gasteiger partial charge in [0.05, 0.1) is 6.54 Å². The van der Waals surface area contributed by atoms with Gasteiger partial charge in [-0.05, 0) is 56.5 Å². The Morgan fingerprint density at radius 3 is 2.23 bits per heavy atom.